The molecule has 11 heteroatoms. The minimum absolute atomic E-state index is 0.143. The number of rotatable bonds is 3. The summed E-state index contributed by atoms with van der Waals surface area (Å²) >= 11 is 0. The average molecular weight is 440 g/mol. The van der Waals surface area contributed by atoms with Crippen molar-refractivity contribution in [3.8, 4) is 0 Å². The van der Waals surface area contributed by atoms with Crippen molar-refractivity contribution in [1.29, 1.82) is 0 Å². The number of likely N-dealkylation sites (tertiary alicyclic amines) is 1. The molecule has 3 heterocycles. The first-order chi connectivity index (χ1) is 15.0. The number of aliphatic hydroxyl groups excluding tert-OH is 2. The SMILES string of the molecule is CC(O)CN1C(=O)C(=O)/C(=C(/O)c2ccccc2)C12C(=O)Nc1c2c(=O)n(C)c(=O)n1C. The first-order valence-electron chi connectivity index (χ1n) is 9.70. The van der Waals surface area contributed by atoms with Crippen molar-refractivity contribution in [3.63, 3.8) is 0 Å². The van der Waals surface area contributed by atoms with E-state index in [0.717, 1.165) is 14.0 Å². The quantitative estimate of drug-likeness (QED) is 0.314. The maximum Gasteiger partial charge on any atom is 0.332 e. The molecule has 1 fully saturated rings. The van der Waals surface area contributed by atoms with Gasteiger partial charge in [-0.1, -0.05) is 30.3 Å². The van der Waals surface area contributed by atoms with Crippen LogP contribution in [0.4, 0.5) is 5.82 Å². The van der Waals surface area contributed by atoms with E-state index in [0.29, 0.717) is 0 Å². The van der Waals surface area contributed by atoms with Gasteiger partial charge in [-0.2, -0.15) is 0 Å². The largest absolute Gasteiger partial charge is 0.507 e. The number of fused-ring (bicyclic) bond motifs is 2. The van der Waals surface area contributed by atoms with Crippen LogP contribution in [0.3, 0.4) is 0 Å². The van der Waals surface area contributed by atoms with Crippen LogP contribution in [0, 0.1) is 0 Å². The number of aromatic nitrogens is 2. The molecule has 32 heavy (non-hydrogen) atoms. The lowest BCUT2D eigenvalue weighted by Gasteiger charge is -2.33. The monoisotopic (exact) mass is 440 g/mol. The van der Waals surface area contributed by atoms with Crippen LogP contribution in [0.2, 0.25) is 0 Å². The number of hydrogen-bond donors (Lipinski definition) is 3. The van der Waals surface area contributed by atoms with Gasteiger partial charge in [-0.3, -0.25) is 28.3 Å². The molecule has 4 rings (SSSR count). The molecule has 0 bridgehead atoms. The lowest BCUT2D eigenvalue weighted by Crippen LogP contribution is -2.54. The summed E-state index contributed by atoms with van der Waals surface area (Å²) in [5.41, 5.74) is -4.84. The number of β-amino-alcohol motifs (C(OH)–C–C–N with tert-alkyl or cyclic N) is 1. The Morgan fingerprint density at radius 1 is 1.06 bits per heavy atom. The molecule has 1 spiro atoms. The Morgan fingerprint density at radius 2 is 1.69 bits per heavy atom. The number of hydrogen-bond acceptors (Lipinski definition) is 7. The predicted octanol–water partition coefficient (Wildman–Crippen LogP) is -1.01. The van der Waals surface area contributed by atoms with E-state index in [-0.39, 0.29) is 16.9 Å². The van der Waals surface area contributed by atoms with Crippen molar-refractivity contribution in [2.24, 2.45) is 14.1 Å². The Labute approximate surface area is 180 Å². The standard InChI is InChI=1S/C21H20N4O7/c1-10(26)9-25-18(30)15(28)12(14(27)11-7-5-4-6-8-11)21(25)13-16(22-19(21)31)23(2)20(32)24(3)17(13)29/h4-8,10,26-27H,9H2,1-3H3,(H,22,31)/b14-12-. The Bertz CT molecular complexity index is 1340. The first kappa shape index (κ1) is 21.2. The number of nitrogens with one attached hydrogen (secondary N) is 1. The summed E-state index contributed by atoms with van der Waals surface area (Å²) in [4.78, 5) is 66.0. The summed E-state index contributed by atoms with van der Waals surface area (Å²) in [5.74, 6) is -4.17. The molecule has 2 atom stereocenters. The maximum absolute atomic E-state index is 13.5. The Hall–Kier alpha value is -3.99. The highest BCUT2D eigenvalue weighted by Gasteiger charge is 2.67. The van der Waals surface area contributed by atoms with Gasteiger partial charge in [0.05, 0.1) is 17.2 Å². The van der Waals surface area contributed by atoms with Gasteiger partial charge >= 0.3 is 5.69 Å². The van der Waals surface area contributed by atoms with Crippen LogP contribution in [0.1, 0.15) is 18.1 Å². The Morgan fingerprint density at radius 3 is 2.28 bits per heavy atom. The summed E-state index contributed by atoms with van der Waals surface area (Å²) in [7, 11) is 2.51. The molecule has 1 aromatic carbocycles. The fraction of sp³-hybridized carbons (Fsp3) is 0.286. The zero-order valence-corrected chi connectivity index (χ0v) is 17.4. The van der Waals surface area contributed by atoms with Crippen LogP contribution in [-0.4, -0.2) is 54.5 Å². The molecule has 1 saturated heterocycles. The number of anilines is 1. The van der Waals surface area contributed by atoms with Crippen molar-refractivity contribution in [1.82, 2.24) is 14.0 Å². The number of ketones is 1. The smallest absolute Gasteiger partial charge is 0.332 e. The minimum atomic E-state index is -2.36. The molecule has 2 unspecified atom stereocenters. The fourth-order valence-corrected chi connectivity index (χ4v) is 4.31. The molecule has 2 aliphatic rings. The summed E-state index contributed by atoms with van der Waals surface area (Å²) in [6, 6.07) is 7.77. The zero-order valence-electron chi connectivity index (χ0n) is 17.4. The number of amides is 2. The number of aliphatic hydroxyl groups is 2. The third-order valence-electron chi connectivity index (χ3n) is 5.75. The Balaban J connectivity index is 2.20. The summed E-state index contributed by atoms with van der Waals surface area (Å²) < 4.78 is 1.75. The Kier molecular flexibility index (Phi) is 4.66. The van der Waals surface area contributed by atoms with E-state index in [1.165, 1.54) is 33.2 Å². The average Bonchev–Trinajstić information content (AvgIpc) is 3.18. The number of benzene rings is 1. The van der Waals surface area contributed by atoms with Gasteiger partial charge in [0.15, 0.2) is 5.54 Å². The highest BCUT2D eigenvalue weighted by Crippen LogP contribution is 2.49. The van der Waals surface area contributed by atoms with E-state index in [4.69, 9.17) is 0 Å². The van der Waals surface area contributed by atoms with E-state index >= 15 is 0 Å². The van der Waals surface area contributed by atoms with Crippen LogP contribution < -0.4 is 16.6 Å². The van der Waals surface area contributed by atoms with Crippen LogP contribution in [-0.2, 0) is 34.0 Å². The highest BCUT2D eigenvalue weighted by atomic mass is 16.3. The molecule has 0 radical (unpaired) electrons. The predicted molar refractivity (Wildman–Crippen MR) is 112 cm³/mol. The second-order valence-corrected chi connectivity index (χ2v) is 7.78. The van der Waals surface area contributed by atoms with Crippen molar-refractivity contribution in [2.45, 2.75) is 18.6 Å². The number of Topliss-reactive ketones (excluding diaryl/α,β-unsaturated/α-hetero) is 1. The van der Waals surface area contributed by atoms with Gasteiger partial charge < -0.3 is 20.4 Å². The highest BCUT2D eigenvalue weighted by molar-refractivity contribution is 6.49. The molecule has 11 nitrogen and oxygen atoms in total. The van der Waals surface area contributed by atoms with Crippen molar-refractivity contribution in [3.05, 3.63) is 67.9 Å². The number of carbonyl (C=O) groups excluding carboxylic acids is 3. The maximum atomic E-state index is 13.5. The van der Waals surface area contributed by atoms with Crippen molar-refractivity contribution < 1.29 is 24.6 Å². The molecule has 1 aromatic heterocycles. The van der Waals surface area contributed by atoms with Crippen molar-refractivity contribution in [2.75, 3.05) is 11.9 Å². The molecule has 0 aliphatic carbocycles. The summed E-state index contributed by atoms with van der Waals surface area (Å²) in [6.45, 7) is 0.867. The molecule has 2 aromatic rings. The normalized spacial score (nSPS) is 22.4. The third-order valence-corrected chi connectivity index (χ3v) is 5.75. The summed E-state index contributed by atoms with van der Waals surface area (Å²) in [6.07, 6.45) is -1.17. The molecular weight excluding hydrogens is 420 g/mol. The van der Waals surface area contributed by atoms with Crippen molar-refractivity contribution >= 4 is 29.2 Å². The van der Waals surface area contributed by atoms with Crippen LogP contribution in [0.25, 0.3) is 5.76 Å². The lowest BCUT2D eigenvalue weighted by molar-refractivity contribution is -0.144. The van der Waals surface area contributed by atoms with Gasteiger partial charge in [-0.05, 0) is 6.92 Å². The molecule has 2 amide bonds. The second-order valence-electron chi connectivity index (χ2n) is 7.78. The molecule has 2 aliphatic heterocycles. The topological polar surface area (TPSA) is 151 Å². The van der Waals surface area contributed by atoms with E-state index in [1.54, 1.807) is 18.2 Å². The van der Waals surface area contributed by atoms with Gasteiger partial charge in [0.2, 0.25) is 0 Å². The van der Waals surface area contributed by atoms with Crippen LogP contribution >= 0.6 is 0 Å². The van der Waals surface area contributed by atoms with Crippen LogP contribution in [0.15, 0.2) is 45.5 Å². The molecular formula is C21H20N4O7. The number of carbonyl (C=O) groups is 3. The zero-order chi connectivity index (χ0) is 23.5. The van der Waals surface area contributed by atoms with E-state index in [2.05, 4.69) is 5.32 Å². The number of nitrogens with zero attached hydrogens (tertiary/aromatic N) is 3. The second kappa shape index (κ2) is 7.02. The van der Waals surface area contributed by atoms with E-state index in [9.17, 15) is 34.2 Å². The van der Waals surface area contributed by atoms with Gasteiger partial charge in [-0.25, -0.2) is 4.79 Å². The fourth-order valence-electron chi connectivity index (χ4n) is 4.31. The summed E-state index contributed by atoms with van der Waals surface area (Å²) in [5, 5.41) is 23.5. The van der Waals surface area contributed by atoms with E-state index in [1.807, 2.05) is 0 Å². The van der Waals surface area contributed by atoms with Crippen LogP contribution in [0.5, 0.6) is 0 Å². The van der Waals surface area contributed by atoms with Gasteiger partial charge in [-0.15, -0.1) is 0 Å². The minimum Gasteiger partial charge on any atom is -0.507 e. The molecule has 3 N–H and O–H groups in total. The first-order valence-corrected chi connectivity index (χ1v) is 9.70. The van der Waals surface area contributed by atoms with Gasteiger partial charge in [0.25, 0.3) is 23.2 Å². The lowest BCUT2D eigenvalue weighted by atomic mass is 9.82. The van der Waals surface area contributed by atoms with E-state index < -0.39 is 58.4 Å². The van der Waals surface area contributed by atoms with Gasteiger partial charge in [0.1, 0.15) is 11.6 Å². The van der Waals surface area contributed by atoms with Gasteiger partial charge in [0, 0.05) is 26.2 Å². The molecule has 0 saturated carbocycles. The third kappa shape index (κ3) is 2.54. The molecule has 166 valence electrons.